The third-order valence-corrected chi connectivity index (χ3v) is 2.69. The Balaban J connectivity index is 2.00. The van der Waals surface area contributed by atoms with Crippen molar-refractivity contribution < 1.29 is 4.52 Å². The predicted molar refractivity (Wildman–Crippen MR) is 69.9 cm³/mol. The number of hydrogen-bond acceptors (Lipinski definition) is 4. The molecule has 0 saturated heterocycles. The summed E-state index contributed by atoms with van der Waals surface area (Å²) >= 11 is 0. The molecule has 0 saturated carbocycles. The van der Waals surface area contributed by atoms with Crippen molar-refractivity contribution in [2.24, 2.45) is 11.7 Å². The van der Waals surface area contributed by atoms with Crippen molar-refractivity contribution in [1.82, 2.24) is 10.1 Å². The molecule has 1 atom stereocenters. The van der Waals surface area contributed by atoms with Crippen LogP contribution < -0.4 is 5.73 Å². The standard InChI is InChI=1S/C14H19N3O/c1-10(2)8-13-16-14(18-17-13)12(15)9-11-6-4-3-5-7-11/h3-7,10,12H,8-9,15H2,1-2H3/t12-/m0/s1. The first-order valence-electron chi connectivity index (χ1n) is 6.27. The summed E-state index contributed by atoms with van der Waals surface area (Å²) in [5.41, 5.74) is 7.25. The second-order valence-electron chi connectivity index (χ2n) is 4.94. The van der Waals surface area contributed by atoms with Gasteiger partial charge in [-0.1, -0.05) is 49.3 Å². The third-order valence-electron chi connectivity index (χ3n) is 2.69. The van der Waals surface area contributed by atoms with Gasteiger partial charge in [0.15, 0.2) is 5.82 Å². The van der Waals surface area contributed by atoms with Crippen molar-refractivity contribution in [2.45, 2.75) is 32.7 Å². The topological polar surface area (TPSA) is 64.9 Å². The third kappa shape index (κ3) is 3.40. The number of hydrogen-bond donors (Lipinski definition) is 1. The Kier molecular flexibility index (Phi) is 4.10. The van der Waals surface area contributed by atoms with Crippen LogP contribution in [0.1, 0.15) is 37.2 Å². The molecule has 0 spiro atoms. The minimum absolute atomic E-state index is 0.235. The Hall–Kier alpha value is -1.68. The Morgan fingerprint density at radius 1 is 1.17 bits per heavy atom. The van der Waals surface area contributed by atoms with Crippen LogP contribution in [0.15, 0.2) is 34.9 Å². The smallest absolute Gasteiger partial charge is 0.243 e. The van der Waals surface area contributed by atoms with Crippen LogP contribution in [0.2, 0.25) is 0 Å². The number of aromatic nitrogens is 2. The minimum Gasteiger partial charge on any atom is -0.338 e. The van der Waals surface area contributed by atoms with E-state index in [1.807, 2.05) is 30.3 Å². The zero-order chi connectivity index (χ0) is 13.0. The Morgan fingerprint density at radius 3 is 2.56 bits per heavy atom. The second-order valence-corrected chi connectivity index (χ2v) is 4.94. The molecule has 2 N–H and O–H groups in total. The Morgan fingerprint density at radius 2 is 1.89 bits per heavy atom. The van der Waals surface area contributed by atoms with Crippen molar-refractivity contribution in [3.63, 3.8) is 0 Å². The van der Waals surface area contributed by atoms with E-state index in [0.29, 0.717) is 18.2 Å². The summed E-state index contributed by atoms with van der Waals surface area (Å²) in [4.78, 5) is 4.34. The molecule has 0 aliphatic rings. The highest BCUT2D eigenvalue weighted by atomic mass is 16.5. The summed E-state index contributed by atoms with van der Waals surface area (Å²) in [6, 6.07) is 9.85. The number of nitrogens with zero attached hydrogens (tertiary/aromatic N) is 2. The van der Waals surface area contributed by atoms with E-state index in [4.69, 9.17) is 10.3 Å². The van der Waals surface area contributed by atoms with E-state index in [-0.39, 0.29) is 6.04 Å². The Labute approximate surface area is 107 Å². The molecular weight excluding hydrogens is 226 g/mol. The molecule has 2 rings (SSSR count). The molecule has 1 aromatic carbocycles. The summed E-state index contributed by atoms with van der Waals surface area (Å²) in [5, 5.41) is 3.95. The molecule has 0 aliphatic carbocycles. The van der Waals surface area contributed by atoms with Crippen molar-refractivity contribution in [3.05, 3.63) is 47.6 Å². The van der Waals surface area contributed by atoms with E-state index >= 15 is 0 Å². The number of rotatable bonds is 5. The van der Waals surface area contributed by atoms with Crippen molar-refractivity contribution in [1.29, 1.82) is 0 Å². The first-order chi connectivity index (χ1) is 8.65. The highest BCUT2D eigenvalue weighted by Crippen LogP contribution is 2.15. The largest absolute Gasteiger partial charge is 0.338 e. The van der Waals surface area contributed by atoms with E-state index in [1.165, 1.54) is 5.56 Å². The van der Waals surface area contributed by atoms with Gasteiger partial charge in [-0.25, -0.2) is 0 Å². The van der Waals surface area contributed by atoms with E-state index in [2.05, 4.69) is 24.0 Å². The average Bonchev–Trinajstić information content (AvgIpc) is 2.78. The van der Waals surface area contributed by atoms with E-state index in [9.17, 15) is 0 Å². The summed E-state index contributed by atoms with van der Waals surface area (Å²) in [5.74, 6) is 1.78. The van der Waals surface area contributed by atoms with E-state index in [0.717, 1.165) is 12.2 Å². The van der Waals surface area contributed by atoms with Gasteiger partial charge in [0.05, 0.1) is 6.04 Å². The molecule has 0 unspecified atom stereocenters. The van der Waals surface area contributed by atoms with Gasteiger partial charge in [0, 0.05) is 6.42 Å². The van der Waals surface area contributed by atoms with Gasteiger partial charge in [-0.3, -0.25) is 0 Å². The Bertz CT molecular complexity index is 479. The van der Waals surface area contributed by atoms with Crippen LogP contribution >= 0.6 is 0 Å². The van der Waals surface area contributed by atoms with Gasteiger partial charge in [-0.05, 0) is 17.9 Å². The van der Waals surface area contributed by atoms with E-state index < -0.39 is 0 Å². The van der Waals surface area contributed by atoms with Crippen LogP contribution in [0, 0.1) is 5.92 Å². The van der Waals surface area contributed by atoms with Crippen LogP contribution in [0.3, 0.4) is 0 Å². The zero-order valence-electron chi connectivity index (χ0n) is 10.8. The van der Waals surface area contributed by atoms with Crippen LogP contribution in [0.5, 0.6) is 0 Å². The SMILES string of the molecule is CC(C)Cc1noc([C@@H](N)Cc2ccccc2)n1. The van der Waals surface area contributed by atoms with Crippen LogP contribution in [0.4, 0.5) is 0 Å². The summed E-state index contributed by atoms with van der Waals surface area (Å²) in [6.45, 7) is 4.25. The summed E-state index contributed by atoms with van der Waals surface area (Å²) < 4.78 is 5.21. The zero-order valence-corrected chi connectivity index (χ0v) is 10.8. The van der Waals surface area contributed by atoms with E-state index in [1.54, 1.807) is 0 Å². The lowest BCUT2D eigenvalue weighted by Gasteiger charge is -2.06. The van der Waals surface area contributed by atoms with Crippen molar-refractivity contribution >= 4 is 0 Å². The molecule has 1 heterocycles. The molecule has 0 aliphatic heterocycles. The second kappa shape index (κ2) is 5.78. The minimum atomic E-state index is -0.235. The molecule has 4 heteroatoms. The van der Waals surface area contributed by atoms with Crippen LogP contribution in [-0.4, -0.2) is 10.1 Å². The molecule has 0 radical (unpaired) electrons. The molecule has 18 heavy (non-hydrogen) atoms. The number of benzene rings is 1. The lowest BCUT2D eigenvalue weighted by Crippen LogP contribution is -2.14. The maximum Gasteiger partial charge on any atom is 0.243 e. The van der Waals surface area contributed by atoms with Gasteiger partial charge in [0.1, 0.15) is 0 Å². The fourth-order valence-corrected chi connectivity index (χ4v) is 1.82. The first-order valence-corrected chi connectivity index (χ1v) is 6.27. The molecular formula is C14H19N3O. The summed E-state index contributed by atoms with van der Waals surface area (Å²) in [6.07, 6.45) is 1.53. The maximum atomic E-state index is 6.07. The first kappa shape index (κ1) is 12.8. The highest BCUT2D eigenvalue weighted by molar-refractivity contribution is 5.16. The molecule has 2 aromatic rings. The molecule has 1 aromatic heterocycles. The van der Waals surface area contributed by atoms with Crippen molar-refractivity contribution in [3.8, 4) is 0 Å². The van der Waals surface area contributed by atoms with Gasteiger partial charge in [-0.2, -0.15) is 4.98 Å². The summed E-state index contributed by atoms with van der Waals surface area (Å²) in [7, 11) is 0. The van der Waals surface area contributed by atoms with Gasteiger partial charge < -0.3 is 10.3 Å². The van der Waals surface area contributed by atoms with Crippen LogP contribution in [-0.2, 0) is 12.8 Å². The molecule has 0 fully saturated rings. The lowest BCUT2D eigenvalue weighted by molar-refractivity contribution is 0.348. The normalized spacial score (nSPS) is 12.9. The predicted octanol–water partition coefficient (Wildman–Crippen LogP) is 2.51. The fourth-order valence-electron chi connectivity index (χ4n) is 1.82. The van der Waals surface area contributed by atoms with Gasteiger partial charge in [0.25, 0.3) is 0 Å². The monoisotopic (exact) mass is 245 g/mol. The average molecular weight is 245 g/mol. The van der Waals surface area contributed by atoms with Crippen LogP contribution in [0.25, 0.3) is 0 Å². The molecule has 4 nitrogen and oxygen atoms in total. The number of nitrogens with two attached hydrogens (primary N) is 1. The molecule has 0 amide bonds. The lowest BCUT2D eigenvalue weighted by atomic mass is 10.1. The van der Waals surface area contributed by atoms with Gasteiger partial charge in [-0.15, -0.1) is 0 Å². The molecule has 0 bridgehead atoms. The highest BCUT2D eigenvalue weighted by Gasteiger charge is 2.15. The van der Waals surface area contributed by atoms with Gasteiger partial charge in [0.2, 0.25) is 5.89 Å². The fraction of sp³-hybridized carbons (Fsp3) is 0.429. The maximum absolute atomic E-state index is 6.07. The van der Waals surface area contributed by atoms with Crippen molar-refractivity contribution in [2.75, 3.05) is 0 Å². The van der Waals surface area contributed by atoms with Gasteiger partial charge >= 0.3 is 0 Å². The quantitative estimate of drug-likeness (QED) is 0.879. The molecule has 96 valence electrons.